The Hall–Kier alpha value is -5.25. The number of aliphatic hydroxyl groups excluding tert-OH is 1. The van der Waals surface area contributed by atoms with Gasteiger partial charge in [0.1, 0.15) is 17.9 Å². The first-order chi connectivity index (χ1) is 26.3. The number of nitrogens with zero attached hydrogens (tertiary/aromatic N) is 4. The third-order valence-corrected chi connectivity index (χ3v) is 11.4. The number of hydrogen-bond donors (Lipinski definition) is 3. The predicted octanol–water partition coefficient (Wildman–Crippen LogP) is 7.33. The van der Waals surface area contributed by atoms with Gasteiger partial charge in [-0.3, -0.25) is 4.79 Å². The lowest BCUT2D eigenvalue weighted by Gasteiger charge is -2.38. The fraction of sp³-hybridized carbons (Fsp3) is 0.442. The molecule has 0 radical (unpaired) electrons. The van der Waals surface area contributed by atoms with Crippen molar-refractivity contribution in [1.82, 2.24) is 14.8 Å². The molecule has 4 aromatic rings. The van der Waals surface area contributed by atoms with E-state index in [9.17, 15) is 25.1 Å². The second kappa shape index (κ2) is 15.1. The van der Waals surface area contributed by atoms with E-state index in [-0.39, 0.29) is 72.6 Å². The molecule has 3 aromatic carbocycles. The van der Waals surface area contributed by atoms with Crippen LogP contribution in [-0.2, 0) is 17.6 Å². The van der Waals surface area contributed by atoms with Crippen molar-refractivity contribution in [1.29, 1.82) is 5.26 Å². The van der Waals surface area contributed by atoms with E-state index >= 15 is 4.39 Å². The number of ether oxygens (including phenoxy) is 2. The fourth-order valence-corrected chi connectivity index (χ4v) is 8.26. The minimum atomic E-state index is -0.980. The molecule has 3 saturated heterocycles. The van der Waals surface area contributed by atoms with Crippen LogP contribution in [0.3, 0.4) is 0 Å². The molecule has 4 fully saturated rings. The number of rotatable bonds is 12. The van der Waals surface area contributed by atoms with Gasteiger partial charge in [-0.25, -0.2) is 14.2 Å². The number of carbonyl (C=O) groups excluding carboxylic acids is 1. The van der Waals surface area contributed by atoms with Crippen molar-refractivity contribution in [2.75, 3.05) is 38.7 Å². The maximum absolute atomic E-state index is 17.9. The quantitative estimate of drug-likeness (QED) is 0.0764. The van der Waals surface area contributed by atoms with E-state index in [1.807, 2.05) is 37.4 Å². The van der Waals surface area contributed by atoms with Crippen LogP contribution in [0.1, 0.15) is 57.6 Å². The summed E-state index contributed by atoms with van der Waals surface area (Å²) in [7, 11) is 2.04. The van der Waals surface area contributed by atoms with Crippen LogP contribution in [0.4, 0.5) is 14.9 Å². The molecule has 2 bridgehead atoms. The Labute approximate surface area is 320 Å². The van der Waals surface area contributed by atoms with Gasteiger partial charge in [-0.2, -0.15) is 5.26 Å². The number of aliphatic hydroxyl groups is 1. The molecule has 1 amide bonds. The molecule has 3 aliphatic heterocycles. The molecule has 3 unspecified atom stereocenters. The van der Waals surface area contributed by atoms with E-state index < -0.39 is 23.3 Å². The molecule has 11 nitrogen and oxygen atoms in total. The van der Waals surface area contributed by atoms with Crippen molar-refractivity contribution in [2.24, 2.45) is 11.3 Å². The van der Waals surface area contributed by atoms with Crippen LogP contribution in [0, 0.1) is 28.5 Å². The number of amides is 1. The number of nitrogens with one attached hydrogen (secondary N) is 1. The van der Waals surface area contributed by atoms with Gasteiger partial charge in [0.15, 0.2) is 5.82 Å². The molecule has 1 aromatic heterocycles. The first kappa shape index (κ1) is 38.0. The van der Waals surface area contributed by atoms with Crippen LogP contribution < -0.4 is 14.8 Å². The highest BCUT2D eigenvalue weighted by atomic mass is 19.1. The average molecular weight is 750 g/mol. The summed E-state index contributed by atoms with van der Waals surface area (Å²) in [6.07, 6.45) is 2.22. The van der Waals surface area contributed by atoms with Crippen molar-refractivity contribution < 1.29 is 33.7 Å². The third-order valence-electron chi connectivity index (χ3n) is 11.4. The fourth-order valence-electron chi connectivity index (χ4n) is 8.26. The summed E-state index contributed by atoms with van der Waals surface area (Å²) in [5.74, 6) is -0.536. The largest absolute Gasteiger partial charge is 0.476 e. The number of esters is 1. The highest BCUT2D eigenvalue weighted by Gasteiger charge is 2.54. The number of hydrogen-bond acceptors (Lipinski definition) is 9. The van der Waals surface area contributed by atoms with Crippen molar-refractivity contribution >= 4 is 39.4 Å². The standard InChI is InChI=1S/C43H48FN5O6/c1-24(22-50)16-33-38(46-37-27-19-34(37)49(21-27)42(52)53)32-18-26(11-8-14-45)35(36(44)39(32)47-40(33)54-23-28-12-9-15-48(28)5)31-20-29(55-41(51)43(2,3)4)17-25-10-6-7-13-30(25)31/h6-7,10,13,17-18,20,27-28,34,37,50H,1,8-9,11-12,15-16,19,21-23H2,2-5H3,(H,46,47)(H,52,53)/t27?,28-,34?,37?/m0/s1. The van der Waals surface area contributed by atoms with Crippen LogP contribution in [-0.4, -0.2) is 88.5 Å². The summed E-state index contributed by atoms with van der Waals surface area (Å²) in [5, 5.41) is 35.4. The molecule has 4 heterocycles. The molecule has 4 atom stereocenters. The molecule has 55 heavy (non-hydrogen) atoms. The Morgan fingerprint density at radius 3 is 2.64 bits per heavy atom. The number of halogens is 1. The summed E-state index contributed by atoms with van der Waals surface area (Å²) < 4.78 is 30.2. The first-order valence-electron chi connectivity index (χ1n) is 19.0. The van der Waals surface area contributed by atoms with Crippen molar-refractivity contribution in [3.8, 4) is 28.8 Å². The van der Waals surface area contributed by atoms with E-state index in [2.05, 4.69) is 22.9 Å². The molecule has 1 saturated carbocycles. The minimum absolute atomic E-state index is 0.0364. The molecule has 3 N–H and O–H groups in total. The van der Waals surface area contributed by atoms with Gasteiger partial charge >= 0.3 is 12.1 Å². The Morgan fingerprint density at radius 2 is 1.96 bits per heavy atom. The van der Waals surface area contributed by atoms with Crippen LogP contribution in [0.25, 0.3) is 32.8 Å². The lowest BCUT2D eigenvalue weighted by atomic mass is 9.79. The summed E-state index contributed by atoms with van der Waals surface area (Å²) in [5.41, 5.74) is 2.18. The van der Waals surface area contributed by atoms with Crippen LogP contribution in [0.2, 0.25) is 0 Å². The molecule has 4 aliphatic rings. The SMILES string of the molecule is C=C(CO)Cc1c(OC[C@@H]2CCCN2C)nc2c(F)c(-c3cc(OC(=O)C(C)(C)C)cc4ccccc34)c(CCC#N)cc2c1NC1C2CC1N(C(=O)O)C2. The maximum Gasteiger partial charge on any atom is 0.407 e. The molecule has 288 valence electrons. The van der Waals surface area contributed by atoms with Crippen molar-refractivity contribution in [2.45, 2.75) is 77.4 Å². The number of likely N-dealkylation sites (tertiary alicyclic amines) is 1. The summed E-state index contributed by atoms with van der Waals surface area (Å²) in [6, 6.07) is 14.6. The second-order valence-corrected chi connectivity index (χ2v) is 16.2. The Bertz CT molecular complexity index is 2230. The van der Waals surface area contributed by atoms with Crippen molar-refractivity contribution in [3.05, 3.63) is 71.6 Å². The van der Waals surface area contributed by atoms with Gasteiger partial charge in [-0.1, -0.05) is 30.8 Å². The number of fused-ring (bicyclic) bond motifs is 3. The zero-order chi connectivity index (χ0) is 39.2. The minimum Gasteiger partial charge on any atom is -0.476 e. The monoisotopic (exact) mass is 749 g/mol. The number of carbonyl (C=O) groups is 2. The second-order valence-electron chi connectivity index (χ2n) is 16.2. The molecule has 12 heteroatoms. The van der Waals surface area contributed by atoms with Gasteiger partial charge in [0.2, 0.25) is 5.88 Å². The number of pyridine rings is 1. The number of likely N-dealkylation sites (N-methyl/N-ethyl adjacent to an activating group) is 1. The van der Waals surface area contributed by atoms with E-state index in [4.69, 9.17) is 14.5 Å². The lowest BCUT2D eigenvalue weighted by molar-refractivity contribution is -0.142. The smallest absolute Gasteiger partial charge is 0.407 e. The molecule has 8 rings (SSSR count). The molecule has 0 spiro atoms. The van der Waals surface area contributed by atoms with Crippen LogP contribution >= 0.6 is 0 Å². The highest BCUT2D eigenvalue weighted by molar-refractivity contribution is 6.04. The van der Waals surface area contributed by atoms with Crippen molar-refractivity contribution in [3.63, 3.8) is 0 Å². The third kappa shape index (κ3) is 7.31. The zero-order valence-corrected chi connectivity index (χ0v) is 31.8. The number of aromatic nitrogens is 1. The number of nitriles is 1. The van der Waals surface area contributed by atoms with Gasteiger partial charge in [-0.15, -0.1) is 0 Å². The van der Waals surface area contributed by atoms with Gasteiger partial charge in [0, 0.05) is 47.9 Å². The first-order valence-corrected chi connectivity index (χ1v) is 19.0. The van der Waals surface area contributed by atoms with Gasteiger partial charge in [0.25, 0.3) is 0 Å². The summed E-state index contributed by atoms with van der Waals surface area (Å²) in [6.45, 7) is 10.7. The molecular weight excluding hydrogens is 702 g/mol. The van der Waals surface area contributed by atoms with E-state index in [1.54, 1.807) is 32.9 Å². The summed E-state index contributed by atoms with van der Waals surface area (Å²) in [4.78, 5) is 33.7. The zero-order valence-electron chi connectivity index (χ0n) is 31.8. The topological polar surface area (TPSA) is 148 Å². The predicted molar refractivity (Wildman–Crippen MR) is 209 cm³/mol. The van der Waals surface area contributed by atoms with Gasteiger partial charge < -0.3 is 34.8 Å². The van der Waals surface area contributed by atoms with Crippen LogP contribution in [0.15, 0.2) is 54.6 Å². The van der Waals surface area contributed by atoms with Gasteiger partial charge in [-0.05, 0) is 106 Å². The number of carboxylic acid groups (broad SMARTS) is 1. The Kier molecular flexibility index (Phi) is 10.5. The van der Waals surface area contributed by atoms with E-state index in [0.717, 1.165) is 36.6 Å². The van der Waals surface area contributed by atoms with Gasteiger partial charge in [0.05, 0.1) is 35.9 Å². The van der Waals surface area contributed by atoms with E-state index in [0.29, 0.717) is 46.5 Å². The normalized spacial score (nSPS) is 20.7. The maximum atomic E-state index is 17.9. The Balaban J connectivity index is 1.47. The number of anilines is 1. The summed E-state index contributed by atoms with van der Waals surface area (Å²) >= 11 is 0. The average Bonchev–Trinajstić information content (AvgIpc) is 3.88. The lowest BCUT2D eigenvalue weighted by Crippen LogP contribution is -2.49. The number of aryl methyl sites for hydroxylation is 1. The number of benzene rings is 3. The highest BCUT2D eigenvalue weighted by Crippen LogP contribution is 2.47. The van der Waals surface area contributed by atoms with E-state index in [1.165, 1.54) is 4.90 Å². The molecular formula is C43H48FN5O6. The Morgan fingerprint density at radius 1 is 1.18 bits per heavy atom. The van der Waals surface area contributed by atoms with Crippen LogP contribution in [0.5, 0.6) is 11.6 Å². The molecule has 1 aliphatic carbocycles.